The Morgan fingerprint density at radius 1 is 1.07 bits per heavy atom. The molecule has 0 atom stereocenters. The van der Waals surface area contributed by atoms with Gasteiger partial charge in [0.2, 0.25) is 5.91 Å². The second-order valence-electron chi connectivity index (χ2n) is 7.39. The number of nitrogens with zero attached hydrogens (tertiary/aromatic N) is 3. The number of amides is 1. The fourth-order valence-electron chi connectivity index (χ4n) is 4.15. The van der Waals surface area contributed by atoms with E-state index in [1.807, 2.05) is 28.8 Å². The molecule has 27 heavy (non-hydrogen) atoms. The van der Waals surface area contributed by atoms with E-state index in [0.717, 1.165) is 56.4 Å². The molecule has 0 spiro atoms. The number of rotatable bonds is 8. The summed E-state index contributed by atoms with van der Waals surface area (Å²) in [6, 6.07) is 8.21. The van der Waals surface area contributed by atoms with Crippen LogP contribution in [-0.2, 0) is 17.9 Å². The Labute approximate surface area is 161 Å². The number of carbonyl (C=O) groups excluding carboxylic acids is 1. The van der Waals surface area contributed by atoms with Gasteiger partial charge < -0.3 is 10.2 Å². The topological polar surface area (TPSA) is 59.3 Å². The van der Waals surface area contributed by atoms with Crippen molar-refractivity contribution in [3.63, 3.8) is 0 Å². The molecule has 1 aliphatic rings. The Bertz CT molecular complexity index is 817. The lowest BCUT2D eigenvalue weighted by Crippen LogP contribution is -2.46. The third kappa shape index (κ3) is 4.26. The SMILES string of the molecule is CCCN(C(=O)CCn1c(=O)n(CCC)c2ccccc21)C1CCNCC1. The van der Waals surface area contributed by atoms with Crippen LogP contribution >= 0.6 is 0 Å². The number of fused-ring (bicyclic) bond motifs is 1. The lowest BCUT2D eigenvalue weighted by atomic mass is 10.0. The Morgan fingerprint density at radius 3 is 2.30 bits per heavy atom. The molecular formula is C21H32N4O2. The molecule has 0 saturated carbocycles. The Kier molecular flexibility index (Phi) is 6.72. The van der Waals surface area contributed by atoms with Crippen molar-refractivity contribution < 1.29 is 4.79 Å². The van der Waals surface area contributed by atoms with Crippen LogP contribution in [0.3, 0.4) is 0 Å². The van der Waals surface area contributed by atoms with Crippen molar-refractivity contribution in [1.82, 2.24) is 19.4 Å². The second kappa shape index (κ2) is 9.22. The largest absolute Gasteiger partial charge is 0.340 e. The first-order valence-electron chi connectivity index (χ1n) is 10.4. The minimum absolute atomic E-state index is 0.00485. The highest BCUT2D eigenvalue weighted by Crippen LogP contribution is 2.16. The molecule has 0 unspecified atom stereocenters. The first-order valence-corrected chi connectivity index (χ1v) is 10.4. The quantitative estimate of drug-likeness (QED) is 0.775. The van der Waals surface area contributed by atoms with Crippen molar-refractivity contribution in [2.45, 2.75) is 65.1 Å². The average Bonchev–Trinajstić information content (AvgIpc) is 2.97. The van der Waals surface area contributed by atoms with Crippen molar-refractivity contribution in [1.29, 1.82) is 0 Å². The van der Waals surface area contributed by atoms with E-state index in [-0.39, 0.29) is 11.6 Å². The molecule has 6 nitrogen and oxygen atoms in total. The highest BCUT2D eigenvalue weighted by Gasteiger charge is 2.24. The summed E-state index contributed by atoms with van der Waals surface area (Å²) >= 11 is 0. The predicted octanol–water partition coefficient (Wildman–Crippen LogP) is 2.59. The number of para-hydroxylation sites is 2. The summed E-state index contributed by atoms with van der Waals surface area (Å²) in [4.78, 5) is 27.9. The lowest BCUT2D eigenvalue weighted by Gasteiger charge is -2.34. The van der Waals surface area contributed by atoms with Crippen molar-refractivity contribution in [3.05, 3.63) is 34.7 Å². The maximum Gasteiger partial charge on any atom is 0.329 e. The number of carbonyl (C=O) groups is 1. The number of piperidine rings is 1. The van der Waals surface area contributed by atoms with Crippen LogP contribution in [0.25, 0.3) is 11.0 Å². The summed E-state index contributed by atoms with van der Waals surface area (Å²) in [5.74, 6) is 0.169. The van der Waals surface area contributed by atoms with Gasteiger partial charge in [-0.05, 0) is 50.9 Å². The zero-order valence-corrected chi connectivity index (χ0v) is 16.6. The third-order valence-electron chi connectivity index (χ3n) is 5.46. The number of hydrogen-bond donors (Lipinski definition) is 1. The number of nitrogens with one attached hydrogen (secondary N) is 1. The van der Waals surface area contributed by atoms with Crippen LogP contribution in [0.4, 0.5) is 0 Å². The van der Waals surface area contributed by atoms with Crippen LogP contribution in [0.15, 0.2) is 29.1 Å². The summed E-state index contributed by atoms with van der Waals surface area (Å²) in [5.41, 5.74) is 1.88. The van der Waals surface area contributed by atoms with Crippen molar-refractivity contribution in [2.24, 2.45) is 0 Å². The molecule has 1 fully saturated rings. The average molecular weight is 373 g/mol. The monoisotopic (exact) mass is 372 g/mol. The fraction of sp³-hybridized carbons (Fsp3) is 0.619. The smallest absolute Gasteiger partial charge is 0.329 e. The maximum atomic E-state index is 13.0. The van der Waals surface area contributed by atoms with Crippen LogP contribution in [0.2, 0.25) is 0 Å². The van der Waals surface area contributed by atoms with Gasteiger partial charge in [0.15, 0.2) is 0 Å². The first-order chi connectivity index (χ1) is 13.2. The van der Waals surface area contributed by atoms with Gasteiger partial charge in [-0.2, -0.15) is 0 Å². The number of aromatic nitrogens is 2. The van der Waals surface area contributed by atoms with Crippen molar-refractivity contribution in [2.75, 3.05) is 19.6 Å². The molecule has 1 aromatic heterocycles. The fourth-order valence-corrected chi connectivity index (χ4v) is 4.15. The van der Waals surface area contributed by atoms with E-state index in [4.69, 9.17) is 0 Å². The van der Waals surface area contributed by atoms with Gasteiger partial charge in [0, 0.05) is 32.1 Å². The molecule has 1 aromatic carbocycles. The molecule has 3 rings (SSSR count). The molecule has 0 aliphatic carbocycles. The summed E-state index contributed by atoms with van der Waals surface area (Å²) in [5, 5.41) is 3.36. The molecular weight excluding hydrogens is 340 g/mol. The Morgan fingerprint density at radius 2 is 1.70 bits per heavy atom. The van der Waals surface area contributed by atoms with Gasteiger partial charge in [-0.15, -0.1) is 0 Å². The van der Waals surface area contributed by atoms with Gasteiger partial charge >= 0.3 is 5.69 Å². The van der Waals surface area contributed by atoms with Gasteiger partial charge in [-0.3, -0.25) is 13.9 Å². The summed E-state index contributed by atoms with van der Waals surface area (Å²) in [6.45, 7) is 8.09. The van der Waals surface area contributed by atoms with Crippen LogP contribution in [0.5, 0.6) is 0 Å². The summed E-state index contributed by atoms with van der Waals surface area (Å²) in [6.07, 6.45) is 4.28. The van der Waals surface area contributed by atoms with Gasteiger partial charge in [-0.1, -0.05) is 26.0 Å². The molecule has 2 heterocycles. The number of benzene rings is 1. The second-order valence-corrected chi connectivity index (χ2v) is 7.39. The minimum atomic E-state index is -0.00485. The van der Waals surface area contributed by atoms with E-state index in [1.165, 1.54) is 0 Å². The van der Waals surface area contributed by atoms with E-state index in [9.17, 15) is 9.59 Å². The Balaban J connectivity index is 1.78. The number of imidazole rings is 1. The number of hydrogen-bond acceptors (Lipinski definition) is 3. The molecule has 0 radical (unpaired) electrons. The van der Waals surface area contributed by atoms with Gasteiger partial charge in [-0.25, -0.2) is 4.79 Å². The highest BCUT2D eigenvalue weighted by atomic mass is 16.2. The predicted molar refractivity (Wildman–Crippen MR) is 109 cm³/mol. The third-order valence-corrected chi connectivity index (χ3v) is 5.46. The van der Waals surface area contributed by atoms with E-state index in [2.05, 4.69) is 24.1 Å². The molecule has 2 aromatic rings. The molecule has 1 aliphatic heterocycles. The van der Waals surface area contributed by atoms with Crippen LogP contribution < -0.4 is 11.0 Å². The lowest BCUT2D eigenvalue weighted by molar-refractivity contribution is -0.134. The van der Waals surface area contributed by atoms with Crippen LogP contribution in [0, 0.1) is 0 Å². The van der Waals surface area contributed by atoms with Gasteiger partial charge in [0.25, 0.3) is 0 Å². The molecule has 148 valence electrons. The first kappa shape index (κ1) is 19.7. The van der Waals surface area contributed by atoms with Crippen LogP contribution in [-0.4, -0.2) is 45.6 Å². The Hall–Kier alpha value is -2.08. The van der Waals surface area contributed by atoms with E-state index in [0.29, 0.717) is 25.6 Å². The van der Waals surface area contributed by atoms with Gasteiger partial charge in [0.05, 0.1) is 11.0 Å². The zero-order chi connectivity index (χ0) is 19.2. The molecule has 1 saturated heterocycles. The van der Waals surface area contributed by atoms with E-state index in [1.54, 1.807) is 4.57 Å². The van der Waals surface area contributed by atoms with E-state index < -0.39 is 0 Å². The molecule has 1 N–H and O–H groups in total. The standard InChI is InChI=1S/C21H32N4O2/c1-3-14-23(17-9-12-22-13-10-17)20(26)11-16-25-19-8-6-5-7-18(19)24(15-4-2)21(25)27/h5-8,17,22H,3-4,9-16H2,1-2H3. The van der Waals surface area contributed by atoms with Crippen LogP contribution in [0.1, 0.15) is 46.0 Å². The molecule has 6 heteroatoms. The number of aryl methyl sites for hydroxylation is 2. The minimum Gasteiger partial charge on any atom is -0.340 e. The highest BCUT2D eigenvalue weighted by molar-refractivity contribution is 5.78. The van der Waals surface area contributed by atoms with Gasteiger partial charge in [0.1, 0.15) is 0 Å². The van der Waals surface area contributed by atoms with E-state index >= 15 is 0 Å². The summed E-state index contributed by atoms with van der Waals surface area (Å²) < 4.78 is 3.60. The molecule has 1 amide bonds. The summed E-state index contributed by atoms with van der Waals surface area (Å²) in [7, 11) is 0. The normalized spacial score (nSPS) is 15.3. The zero-order valence-electron chi connectivity index (χ0n) is 16.6. The molecule has 0 bridgehead atoms. The van der Waals surface area contributed by atoms with Crippen molar-refractivity contribution in [3.8, 4) is 0 Å². The maximum absolute atomic E-state index is 13.0. The van der Waals surface area contributed by atoms with Crippen molar-refractivity contribution >= 4 is 16.9 Å².